The van der Waals surface area contributed by atoms with Crippen molar-refractivity contribution < 1.29 is 9.18 Å². The first-order valence-electron chi connectivity index (χ1n) is 6.28. The maximum atomic E-state index is 13.3. The summed E-state index contributed by atoms with van der Waals surface area (Å²) >= 11 is 1.64. The van der Waals surface area contributed by atoms with E-state index >= 15 is 0 Å². The number of unbranched alkanes of at least 4 members (excludes halogenated alkanes) is 1. The predicted octanol–water partition coefficient (Wildman–Crippen LogP) is 3.36. The molecule has 2 nitrogen and oxygen atoms in total. The lowest BCUT2D eigenvalue weighted by molar-refractivity contribution is -0.120. The maximum Gasteiger partial charge on any atom is 0.233 e. The third-order valence-electron chi connectivity index (χ3n) is 2.65. The van der Waals surface area contributed by atoms with Crippen LogP contribution < -0.4 is 5.32 Å². The summed E-state index contributed by atoms with van der Waals surface area (Å²) in [6.07, 6.45) is 2.26. The highest BCUT2D eigenvalue weighted by Gasteiger charge is 2.12. The Hall–Kier alpha value is -1.03. The molecule has 1 aromatic rings. The zero-order valence-electron chi connectivity index (χ0n) is 10.9. The van der Waals surface area contributed by atoms with Crippen LogP contribution in [0.1, 0.15) is 32.3 Å². The number of hydrogen-bond acceptors (Lipinski definition) is 2. The second kappa shape index (κ2) is 8.14. The minimum Gasteiger partial charge on any atom is -0.351 e. The van der Waals surface area contributed by atoms with Crippen molar-refractivity contribution in [3.63, 3.8) is 0 Å². The molecule has 1 rings (SSSR count). The Morgan fingerprint density at radius 1 is 1.44 bits per heavy atom. The van der Waals surface area contributed by atoms with Gasteiger partial charge in [-0.15, -0.1) is 11.8 Å². The van der Waals surface area contributed by atoms with E-state index in [9.17, 15) is 9.18 Å². The zero-order valence-corrected chi connectivity index (χ0v) is 11.7. The van der Waals surface area contributed by atoms with Gasteiger partial charge in [-0.1, -0.05) is 31.5 Å². The van der Waals surface area contributed by atoms with E-state index in [-0.39, 0.29) is 23.5 Å². The molecule has 1 unspecified atom stereocenters. The van der Waals surface area contributed by atoms with Crippen molar-refractivity contribution in [2.45, 2.75) is 38.5 Å². The maximum absolute atomic E-state index is 13.3. The third kappa shape index (κ3) is 5.08. The monoisotopic (exact) mass is 269 g/mol. The highest BCUT2D eigenvalue weighted by Crippen LogP contribution is 2.13. The molecule has 0 spiro atoms. The quantitative estimate of drug-likeness (QED) is 0.769. The predicted molar refractivity (Wildman–Crippen MR) is 75.1 cm³/mol. The van der Waals surface area contributed by atoms with Crippen molar-refractivity contribution >= 4 is 17.7 Å². The summed E-state index contributed by atoms with van der Waals surface area (Å²) in [7, 11) is 0. The average Bonchev–Trinajstić information content (AvgIpc) is 2.37. The van der Waals surface area contributed by atoms with E-state index in [1.165, 1.54) is 6.07 Å². The van der Waals surface area contributed by atoms with Gasteiger partial charge in [0.1, 0.15) is 5.82 Å². The first kappa shape index (κ1) is 15.0. The van der Waals surface area contributed by atoms with Crippen molar-refractivity contribution in [3.8, 4) is 0 Å². The molecule has 18 heavy (non-hydrogen) atoms. The van der Waals surface area contributed by atoms with Crippen molar-refractivity contribution in [2.24, 2.45) is 0 Å². The fraction of sp³-hybridized carbons (Fsp3) is 0.500. The molecule has 0 saturated carbocycles. The molecule has 0 aromatic heterocycles. The summed E-state index contributed by atoms with van der Waals surface area (Å²) in [6, 6.07) is 6.50. The van der Waals surface area contributed by atoms with Crippen LogP contribution in [0.25, 0.3) is 0 Å². The molecule has 0 radical (unpaired) electrons. The Bertz CT molecular complexity index is 384. The average molecular weight is 269 g/mol. The van der Waals surface area contributed by atoms with E-state index in [1.807, 2.05) is 6.92 Å². The van der Waals surface area contributed by atoms with Crippen LogP contribution in [0, 0.1) is 5.82 Å². The number of hydrogen-bond donors (Lipinski definition) is 1. The van der Waals surface area contributed by atoms with E-state index in [4.69, 9.17) is 0 Å². The number of rotatable bonds is 7. The Labute approximate surface area is 112 Å². The van der Waals surface area contributed by atoms with Gasteiger partial charge in [0.25, 0.3) is 0 Å². The van der Waals surface area contributed by atoms with Crippen LogP contribution in [0.5, 0.6) is 0 Å². The van der Waals surface area contributed by atoms with Gasteiger partial charge < -0.3 is 5.32 Å². The number of halogens is 1. The lowest BCUT2D eigenvalue weighted by atomic mass is 10.2. The SMILES string of the molecule is CCCCSC(C)C(=O)NCc1ccccc1F. The standard InChI is InChI=1S/C14H20FNOS/c1-3-4-9-18-11(2)14(17)16-10-12-7-5-6-8-13(12)15/h5-8,11H,3-4,9-10H2,1-2H3,(H,16,17). The Balaban J connectivity index is 2.34. The Morgan fingerprint density at radius 2 is 2.17 bits per heavy atom. The lowest BCUT2D eigenvalue weighted by Crippen LogP contribution is -2.30. The molecule has 0 saturated heterocycles. The molecule has 1 amide bonds. The molecule has 0 fully saturated rings. The van der Waals surface area contributed by atoms with E-state index in [0.717, 1.165) is 18.6 Å². The van der Waals surface area contributed by atoms with E-state index in [2.05, 4.69) is 12.2 Å². The summed E-state index contributed by atoms with van der Waals surface area (Å²) in [6.45, 7) is 4.27. The van der Waals surface area contributed by atoms with Gasteiger partial charge >= 0.3 is 0 Å². The van der Waals surface area contributed by atoms with Gasteiger partial charge in [-0.05, 0) is 25.2 Å². The van der Waals surface area contributed by atoms with Crippen molar-refractivity contribution in [3.05, 3.63) is 35.6 Å². The van der Waals surface area contributed by atoms with Gasteiger partial charge in [0.2, 0.25) is 5.91 Å². The van der Waals surface area contributed by atoms with Crippen LogP contribution in [0.3, 0.4) is 0 Å². The summed E-state index contributed by atoms with van der Waals surface area (Å²) in [5.41, 5.74) is 0.525. The second-order valence-electron chi connectivity index (χ2n) is 4.18. The molecule has 0 aliphatic rings. The molecule has 0 bridgehead atoms. The normalized spacial score (nSPS) is 12.2. The minimum absolute atomic E-state index is 0.0284. The van der Waals surface area contributed by atoms with E-state index in [1.54, 1.807) is 30.0 Å². The fourth-order valence-corrected chi connectivity index (χ4v) is 2.49. The Morgan fingerprint density at radius 3 is 2.83 bits per heavy atom. The van der Waals surface area contributed by atoms with Gasteiger partial charge in [0.05, 0.1) is 5.25 Å². The van der Waals surface area contributed by atoms with Gasteiger partial charge in [-0.3, -0.25) is 4.79 Å². The summed E-state index contributed by atoms with van der Waals surface area (Å²) in [5.74, 6) is 0.688. The largest absolute Gasteiger partial charge is 0.351 e. The molecule has 1 aromatic carbocycles. The lowest BCUT2D eigenvalue weighted by Gasteiger charge is -2.12. The topological polar surface area (TPSA) is 29.1 Å². The van der Waals surface area contributed by atoms with Gasteiger partial charge in [0, 0.05) is 12.1 Å². The zero-order chi connectivity index (χ0) is 13.4. The van der Waals surface area contributed by atoms with Crippen LogP contribution in [-0.4, -0.2) is 16.9 Å². The molecule has 0 aliphatic heterocycles. The van der Waals surface area contributed by atoms with Crippen molar-refractivity contribution in [1.82, 2.24) is 5.32 Å². The van der Waals surface area contributed by atoms with Gasteiger partial charge in [-0.2, -0.15) is 0 Å². The van der Waals surface area contributed by atoms with Crippen LogP contribution in [0.15, 0.2) is 24.3 Å². The Kier molecular flexibility index (Phi) is 6.80. The second-order valence-corrected chi connectivity index (χ2v) is 5.62. The summed E-state index contributed by atoms with van der Waals surface area (Å²) in [5, 5.41) is 2.69. The summed E-state index contributed by atoms with van der Waals surface area (Å²) in [4.78, 5) is 11.8. The minimum atomic E-state index is -0.274. The van der Waals surface area contributed by atoms with Crippen LogP contribution in [-0.2, 0) is 11.3 Å². The molecule has 100 valence electrons. The number of amides is 1. The molecular formula is C14H20FNOS. The first-order valence-corrected chi connectivity index (χ1v) is 7.32. The van der Waals surface area contributed by atoms with Crippen LogP contribution in [0.4, 0.5) is 4.39 Å². The van der Waals surface area contributed by atoms with Gasteiger partial charge in [0.15, 0.2) is 0 Å². The number of carbonyl (C=O) groups is 1. The molecular weight excluding hydrogens is 249 g/mol. The van der Waals surface area contributed by atoms with Crippen molar-refractivity contribution in [1.29, 1.82) is 0 Å². The number of thioether (sulfide) groups is 1. The summed E-state index contributed by atoms with van der Waals surface area (Å²) < 4.78 is 13.3. The number of nitrogens with one attached hydrogen (secondary N) is 1. The highest BCUT2D eigenvalue weighted by atomic mass is 32.2. The molecule has 1 atom stereocenters. The van der Waals surface area contributed by atoms with Crippen molar-refractivity contribution in [2.75, 3.05) is 5.75 Å². The number of benzene rings is 1. The van der Waals surface area contributed by atoms with Crippen LogP contribution in [0.2, 0.25) is 0 Å². The molecule has 4 heteroatoms. The smallest absolute Gasteiger partial charge is 0.233 e. The molecule has 1 N–H and O–H groups in total. The molecule has 0 aliphatic carbocycles. The first-order chi connectivity index (χ1) is 8.65. The third-order valence-corrected chi connectivity index (χ3v) is 3.88. The number of carbonyl (C=O) groups excluding carboxylic acids is 1. The molecule has 0 heterocycles. The fourth-order valence-electron chi connectivity index (χ4n) is 1.45. The highest BCUT2D eigenvalue weighted by molar-refractivity contribution is 8.00. The van der Waals surface area contributed by atoms with Gasteiger partial charge in [-0.25, -0.2) is 4.39 Å². The van der Waals surface area contributed by atoms with Crippen LogP contribution >= 0.6 is 11.8 Å². The van der Waals surface area contributed by atoms with E-state index in [0.29, 0.717) is 5.56 Å². The van der Waals surface area contributed by atoms with E-state index < -0.39 is 0 Å².